The molecule has 0 amide bonds. The second kappa shape index (κ2) is 10.0. The van der Waals surface area contributed by atoms with Crippen molar-refractivity contribution in [2.75, 3.05) is 18.9 Å². The summed E-state index contributed by atoms with van der Waals surface area (Å²) in [6.07, 6.45) is -3.92. The molecule has 164 valence electrons. The lowest BCUT2D eigenvalue weighted by molar-refractivity contribution is -0.178. The molecular weight excluding hydrogens is 403 g/mol. The number of esters is 2. The monoisotopic (exact) mass is 426 g/mol. The Kier molecular flexibility index (Phi) is 7.72. The second-order valence-electron chi connectivity index (χ2n) is 6.48. The van der Waals surface area contributed by atoms with Crippen LogP contribution in [-0.4, -0.2) is 52.5 Å². The molecule has 0 saturated carbocycles. The molecule has 0 unspecified atom stereocenters. The smallest absolute Gasteiger partial charge is 0.351 e. The zero-order valence-corrected chi connectivity index (χ0v) is 16.6. The summed E-state index contributed by atoms with van der Waals surface area (Å²) in [5.41, 5.74) is 11.2. The zero-order valence-electron chi connectivity index (χ0n) is 16.6. The Bertz CT molecular complexity index is 888. The lowest BCUT2D eigenvalue weighted by atomic mass is 9.89. The maximum Gasteiger partial charge on any atom is 0.351 e. The maximum atomic E-state index is 15.8. The standard InChI is InChI=1S/C17H23FN6O6/c1-3-12(25)28-9-10-17(6-7-21-23-20,30-13(26)4-2)14(18)15(29-10)24-8-5-11(19)22-16(24)27/h5,8,10,14-15H,3-4,6-7,9H2,1-2H3,(H2,19,22,27)/t10-,14+,15-,17-/m1/s1. The number of nitrogens with two attached hydrogens (primary N) is 1. The van der Waals surface area contributed by atoms with E-state index in [2.05, 4.69) is 15.0 Å². The normalized spacial score (nSPS) is 25.4. The highest BCUT2D eigenvalue weighted by atomic mass is 19.1. The number of carbonyl (C=O) groups excluding carboxylic acids is 2. The third-order valence-corrected chi connectivity index (χ3v) is 4.63. The topological polar surface area (TPSA) is 172 Å². The van der Waals surface area contributed by atoms with E-state index >= 15 is 4.39 Å². The van der Waals surface area contributed by atoms with Gasteiger partial charge in [-0.2, -0.15) is 4.98 Å². The van der Waals surface area contributed by atoms with Gasteiger partial charge >= 0.3 is 17.6 Å². The van der Waals surface area contributed by atoms with Gasteiger partial charge in [0.1, 0.15) is 18.5 Å². The van der Waals surface area contributed by atoms with Gasteiger partial charge in [0.05, 0.1) is 0 Å². The van der Waals surface area contributed by atoms with Crippen LogP contribution in [0.3, 0.4) is 0 Å². The van der Waals surface area contributed by atoms with E-state index in [0.717, 1.165) is 4.57 Å². The van der Waals surface area contributed by atoms with Crippen LogP contribution < -0.4 is 11.4 Å². The number of rotatable bonds is 9. The fourth-order valence-corrected chi connectivity index (χ4v) is 3.07. The van der Waals surface area contributed by atoms with E-state index in [0.29, 0.717) is 0 Å². The minimum absolute atomic E-state index is 0.0640. The van der Waals surface area contributed by atoms with E-state index in [9.17, 15) is 14.4 Å². The average molecular weight is 426 g/mol. The Morgan fingerprint density at radius 2 is 2.13 bits per heavy atom. The van der Waals surface area contributed by atoms with Crippen molar-refractivity contribution in [1.29, 1.82) is 0 Å². The molecule has 1 aromatic rings. The number of hydrogen-bond donors (Lipinski definition) is 1. The van der Waals surface area contributed by atoms with Gasteiger partial charge in [0.25, 0.3) is 0 Å². The summed E-state index contributed by atoms with van der Waals surface area (Å²) < 4.78 is 32.8. The molecule has 2 rings (SSSR count). The van der Waals surface area contributed by atoms with E-state index in [1.807, 2.05) is 0 Å². The quantitative estimate of drug-likeness (QED) is 0.267. The molecule has 0 aliphatic carbocycles. The number of nitrogen functional groups attached to an aromatic ring is 1. The number of hydrogen-bond acceptors (Lipinski definition) is 9. The molecule has 0 bridgehead atoms. The number of ether oxygens (including phenoxy) is 3. The van der Waals surface area contributed by atoms with Crippen molar-refractivity contribution in [2.45, 2.75) is 57.2 Å². The number of alkyl halides is 1. The molecule has 12 nitrogen and oxygen atoms in total. The molecule has 30 heavy (non-hydrogen) atoms. The minimum Gasteiger partial charge on any atom is -0.463 e. The van der Waals surface area contributed by atoms with Crippen LogP contribution in [-0.2, 0) is 23.8 Å². The molecule has 4 atom stereocenters. The fourth-order valence-electron chi connectivity index (χ4n) is 3.07. The first-order valence-electron chi connectivity index (χ1n) is 9.31. The number of anilines is 1. The van der Waals surface area contributed by atoms with Crippen LogP contribution in [0, 0.1) is 0 Å². The molecule has 1 aliphatic heterocycles. The highest BCUT2D eigenvalue weighted by molar-refractivity contribution is 5.70. The highest BCUT2D eigenvalue weighted by Crippen LogP contribution is 2.44. The minimum atomic E-state index is -2.06. The first kappa shape index (κ1) is 23.1. The van der Waals surface area contributed by atoms with Gasteiger partial charge in [-0.3, -0.25) is 14.2 Å². The molecule has 2 heterocycles. The number of aromatic nitrogens is 2. The van der Waals surface area contributed by atoms with Gasteiger partial charge in [-0.05, 0) is 18.0 Å². The van der Waals surface area contributed by atoms with Crippen molar-refractivity contribution in [3.63, 3.8) is 0 Å². The summed E-state index contributed by atoms with van der Waals surface area (Å²) >= 11 is 0. The Labute approximate surface area is 170 Å². The van der Waals surface area contributed by atoms with Crippen LogP contribution >= 0.6 is 0 Å². The number of halogens is 1. The summed E-state index contributed by atoms with van der Waals surface area (Å²) in [6.45, 7) is 2.43. The predicted octanol–water partition coefficient (Wildman–Crippen LogP) is 1.41. The number of azide groups is 1. The first-order chi connectivity index (χ1) is 14.3. The Balaban J connectivity index is 2.48. The van der Waals surface area contributed by atoms with Crippen LogP contribution in [0.2, 0.25) is 0 Å². The van der Waals surface area contributed by atoms with Gasteiger partial charge in [0, 0.05) is 30.5 Å². The molecule has 1 aromatic heterocycles. The lowest BCUT2D eigenvalue weighted by Crippen LogP contribution is -2.52. The van der Waals surface area contributed by atoms with Crippen molar-refractivity contribution in [2.24, 2.45) is 5.11 Å². The van der Waals surface area contributed by atoms with Gasteiger partial charge in [-0.15, -0.1) is 0 Å². The summed E-state index contributed by atoms with van der Waals surface area (Å²) in [6, 6.07) is 1.28. The lowest BCUT2D eigenvalue weighted by Gasteiger charge is -2.34. The van der Waals surface area contributed by atoms with Crippen molar-refractivity contribution < 1.29 is 28.2 Å². The molecule has 1 aliphatic rings. The maximum absolute atomic E-state index is 15.8. The van der Waals surface area contributed by atoms with Gasteiger partial charge < -0.3 is 19.9 Å². The largest absolute Gasteiger partial charge is 0.463 e. The summed E-state index contributed by atoms with van der Waals surface area (Å²) in [5, 5.41) is 3.38. The SMILES string of the molecule is CCC(=O)OC[C@H]1O[C@@H](n2ccc(N)nc2=O)[C@H](F)[C@]1(CCN=[N+]=[N-])OC(=O)CC. The summed E-state index contributed by atoms with van der Waals surface area (Å²) in [4.78, 5) is 42.1. The highest BCUT2D eigenvalue weighted by Gasteiger charge is 2.61. The predicted molar refractivity (Wildman–Crippen MR) is 101 cm³/mol. The van der Waals surface area contributed by atoms with E-state index in [1.54, 1.807) is 6.92 Å². The number of nitrogens with zero attached hydrogens (tertiary/aromatic N) is 5. The second-order valence-corrected chi connectivity index (χ2v) is 6.48. The van der Waals surface area contributed by atoms with E-state index in [-0.39, 0.29) is 31.6 Å². The molecule has 0 aromatic carbocycles. The van der Waals surface area contributed by atoms with Crippen LogP contribution in [0.15, 0.2) is 22.2 Å². The third kappa shape index (κ3) is 4.86. The number of carbonyl (C=O) groups is 2. The van der Waals surface area contributed by atoms with Crippen LogP contribution in [0.5, 0.6) is 0 Å². The Morgan fingerprint density at radius 3 is 2.73 bits per heavy atom. The van der Waals surface area contributed by atoms with Gasteiger partial charge in [-0.1, -0.05) is 19.0 Å². The Hall–Kier alpha value is -3.18. The molecule has 0 radical (unpaired) electrons. The molecule has 13 heteroatoms. The van der Waals surface area contributed by atoms with Gasteiger partial charge in [0.15, 0.2) is 18.0 Å². The van der Waals surface area contributed by atoms with Crippen LogP contribution in [0.4, 0.5) is 10.2 Å². The Morgan fingerprint density at radius 1 is 1.43 bits per heavy atom. The zero-order chi connectivity index (χ0) is 22.3. The molecular formula is C17H23FN6O6. The van der Waals surface area contributed by atoms with Crippen molar-refractivity contribution >= 4 is 17.8 Å². The fraction of sp³-hybridized carbons (Fsp3) is 0.647. The van der Waals surface area contributed by atoms with E-state index < -0.39 is 48.3 Å². The van der Waals surface area contributed by atoms with Crippen molar-refractivity contribution in [3.8, 4) is 0 Å². The summed E-state index contributed by atoms with van der Waals surface area (Å²) in [5.74, 6) is -1.38. The molecule has 2 N–H and O–H groups in total. The van der Waals surface area contributed by atoms with Gasteiger partial charge in [0.2, 0.25) is 0 Å². The molecule has 0 spiro atoms. The van der Waals surface area contributed by atoms with E-state index in [4.69, 9.17) is 25.5 Å². The summed E-state index contributed by atoms with van der Waals surface area (Å²) in [7, 11) is 0. The van der Waals surface area contributed by atoms with Crippen LogP contribution in [0.25, 0.3) is 10.4 Å². The molecule has 1 fully saturated rings. The van der Waals surface area contributed by atoms with Crippen molar-refractivity contribution in [3.05, 3.63) is 33.2 Å². The third-order valence-electron chi connectivity index (χ3n) is 4.63. The van der Waals surface area contributed by atoms with Crippen LogP contribution in [0.1, 0.15) is 39.3 Å². The van der Waals surface area contributed by atoms with Crippen molar-refractivity contribution in [1.82, 2.24) is 9.55 Å². The molecule has 1 saturated heterocycles. The first-order valence-corrected chi connectivity index (χ1v) is 9.31. The van der Waals surface area contributed by atoms with Gasteiger partial charge in [-0.25, -0.2) is 9.18 Å². The van der Waals surface area contributed by atoms with E-state index in [1.165, 1.54) is 19.2 Å². The average Bonchev–Trinajstić information content (AvgIpc) is 2.98.